The van der Waals surface area contributed by atoms with E-state index >= 15 is 0 Å². The van der Waals surface area contributed by atoms with Crippen LogP contribution < -0.4 is 5.32 Å². The second-order valence-corrected chi connectivity index (χ2v) is 5.54. The molecule has 1 saturated heterocycles. The van der Waals surface area contributed by atoms with Crippen molar-refractivity contribution in [2.75, 3.05) is 13.1 Å². The van der Waals surface area contributed by atoms with Gasteiger partial charge in [-0.25, -0.2) is 0 Å². The number of carboxylic acid groups (broad SMARTS) is 1. The molecule has 0 aromatic carbocycles. The molecule has 5 heteroatoms. The summed E-state index contributed by atoms with van der Waals surface area (Å²) >= 11 is 0. The number of aliphatic carboxylic acids is 1. The smallest absolute Gasteiger partial charge is 0.308 e. The van der Waals surface area contributed by atoms with Gasteiger partial charge in [0.05, 0.1) is 11.5 Å². The van der Waals surface area contributed by atoms with Crippen LogP contribution in [0.15, 0.2) is 18.5 Å². The molecule has 1 aromatic rings. The maximum atomic E-state index is 10.0. The van der Waals surface area contributed by atoms with E-state index in [9.17, 15) is 4.79 Å². The number of nitrogens with one attached hydrogen (secondary N) is 1. The average Bonchev–Trinajstić information content (AvgIpc) is 2.83. The van der Waals surface area contributed by atoms with Crippen LogP contribution in [0.2, 0.25) is 0 Å². The van der Waals surface area contributed by atoms with Crippen molar-refractivity contribution in [2.24, 2.45) is 5.41 Å². The number of hydrogen-bond acceptors (Lipinski definition) is 3. The van der Waals surface area contributed by atoms with Crippen molar-refractivity contribution in [1.82, 2.24) is 15.1 Å². The number of rotatable bonds is 1. The van der Waals surface area contributed by atoms with Crippen LogP contribution in [-0.4, -0.2) is 33.9 Å². The lowest BCUT2D eigenvalue weighted by Crippen LogP contribution is -2.31. The zero-order chi connectivity index (χ0) is 13.6. The van der Waals surface area contributed by atoms with E-state index in [1.54, 1.807) is 20.8 Å². The molecule has 2 heterocycles. The Labute approximate surface area is 108 Å². The maximum Gasteiger partial charge on any atom is 0.308 e. The molecule has 18 heavy (non-hydrogen) atoms. The van der Waals surface area contributed by atoms with Gasteiger partial charge in [-0.05, 0) is 46.2 Å². The van der Waals surface area contributed by atoms with E-state index in [1.807, 2.05) is 23.1 Å². The number of piperidine rings is 1. The van der Waals surface area contributed by atoms with E-state index < -0.39 is 11.4 Å². The summed E-state index contributed by atoms with van der Waals surface area (Å²) in [6, 6.07) is 2.56. The molecule has 0 spiro atoms. The molecule has 0 saturated carbocycles. The molecule has 0 radical (unpaired) electrons. The van der Waals surface area contributed by atoms with Crippen LogP contribution in [0, 0.1) is 5.41 Å². The molecular weight excluding hydrogens is 230 g/mol. The molecule has 1 aliphatic rings. The van der Waals surface area contributed by atoms with Crippen LogP contribution in [0.5, 0.6) is 0 Å². The topological polar surface area (TPSA) is 67.1 Å². The number of nitrogens with zero attached hydrogens (tertiary/aromatic N) is 2. The molecule has 1 aliphatic heterocycles. The number of carboxylic acids is 1. The van der Waals surface area contributed by atoms with Gasteiger partial charge in [-0.1, -0.05) is 0 Å². The van der Waals surface area contributed by atoms with E-state index in [4.69, 9.17) is 5.11 Å². The maximum absolute atomic E-state index is 10.0. The van der Waals surface area contributed by atoms with Crippen LogP contribution in [0.4, 0.5) is 0 Å². The molecule has 0 bridgehead atoms. The molecule has 1 unspecified atom stereocenters. The van der Waals surface area contributed by atoms with Gasteiger partial charge in [-0.15, -0.1) is 0 Å². The Morgan fingerprint density at radius 3 is 2.56 bits per heavy atom. The van der Waals surface area contributed by atoms with Gasteiger partial charge in [0.2, 0.25) is 0 Å². The Kier molecular flexibility index (Phi) is 5.34. The quantitative estimate of drug-likeness (QED) is 0.802. The lowest BCUT2D eigenvalue weighted by Gasteiger charge is -2.22. The van der Waals surface area contributed by atoms with Gasteiger partial charge < -0.3 is 10.4 Å². The van der Waals surface area contributed by atoms with E-state index in [1.165, 1.54) is 12.8 Å². The van der Waals surface area contributed by atoms with Crippen molar-refractivity contribution in [2.45, 2.75) is 39.7 Å². The van der Waals surface area contributed by atoms with Gasteiger partial charge >= 0.3 is 5.97 Å². The summed E-state index contributed by atoms with van der Waals surface area (Å²) in [5, 5.41) is 15.8. The number of hydrogen-bond donors (Lipinski definition) is 2. The Hall–Kier alpha value is -1.36. The van der Waals surface area contributed by atoms with Gasteiger partial charge in [0.1, 0.15) is 0 Å². The monoisotopic (exact) mass is 253 g/mol. The molecule has 0 aliphatic carbocycles. The lowest BCUT2D eigenvalue weighted by atomic mass is 9.98. The van der Waals surface area contributed by atoms with Crippen molar-refractivity contribution in [1.29, 1.82) is 0 Å². The van der Waals surface area contributed by atoms with Gasteiger partial charge in [-0.3, -0.25) is 9.48 Å². The largest absolute Gasteiger partial charge is 0.481 e. The van der Waals surface area contributed by atoms with Crippen molar-refractivity contribution in [3.63, 3.8) is 0 Å². The highest BCUT2D eigenvalue weighted by molar-refractivity contribution is 5.72. The van der Waals surface area contributed by atoms with Crippen LogP contribution in [0.3, 0.4) is 0 Å². The van der Waals surface area contributed by atoms with Crippen molar-refractivity contribution in [3.8, 4) is 0 Å². The third kappa shape index (κ3) is 4.87. The molecule has 1 aromatic heterocycles. The Bertz CT molecular complexity index is 349. The highest BCUT2D eigenvalue weighted by Crippen LogP contribution is 2.14. The van der Waals surface area contributed by atoms with Gasteiger partial charge in [-0.2, -0.15) is 5.10 Å². The van der Waals surface area contributed by atoms with Crippen LogP contribution >= 0.6 is 0 Å². The summed E-state index contributed by atoms with van der Waals surface area (Å²) in [4.78, 5) is 10.0. The molecule has 0 amide bonds. The third-order valence-electron chi connectivity index (χ3n) is 2.81. The first kappa shape index (κ1) is 14.7. The molecule has 2 N–H and O–H groups in total. The van der Waals surface area contributed by atoms with E-state index in [-0.39, 0.29) is 0 Å². The summed E-state index contributed by atoms with van der Waals surface area (Å²) in [5.74, 6) is -0.757. The highest BCUT2D eigenvalue weighted by Gasteiger charge is 2.18. The first-order valence-electron chi connectivity index (χ1n) is 6.34. The first-order chi connectivity index (χ1) is 8.41. The minimum Gasteiger partial charge on any atom is -0.481 e. The lowest BCUT2D eigenvalue weighted by molar-refractivity contribution is -0.145. The fourth-order valence-electron chi connectivity index (χ4n) is 1.56. The van der Waals surface area contributed by atoms with Crippen LogP contribution in [0.1, 0.15) is 39.7 Å². The first-order valence-corrected chi connectivity index (χ1v) is 6.34. The molecule has 5 nitrogen and oxygen atoms in total. The zero-order valence-electron chi connectivity index (χ0n) is 11.4. The number of aromatic nitrogens is 2. The molecule has 2 rings (SSSR count). The van der Waals surface area contributed by atoms with E-state index in [0.717, 1.165) is 13.1 Å². The summed E-state index contributed by atoms with van der Waals surface area (Å²) in [7, 11) is 0. The zero-order valence-corrected chi connectivity index (χ0v) is 11.4. The normalized spacial score (nSPS) is 19.8. The minimum atomic E-state index is -0.757. The molecule has 102 valence electrons. The predicted octanol–water partition coefficient (Wildman–Crippen LogP) is 1.92. The summed E-state index contributed by atoms with van der Waals surface area (Å²) < 4.78 is 2.05. The fourth-order valence-corrected chi connectivity index (χ4v) is 1.56. The summed E-state index contributed by atoms with van der Waals surface area (Å²) in [6.45, 7) is 7.22. The second kappa shape index (κ2) is 6.54. The van der Waals surface area contributed by atoms with E-state index in [2.05, 4.69) is 10.4 Å². The summed E-state index contributed by atoms with van der Waals surface area (Å²) in [6.07, 6.45) is 6.41. The van der Waals surface area contributed by atoms with Crippen molar-refractivity contribution < 1.29 is 9.90 Å². The highest BCUT2D eigenvalue weighted by atomic mass is 16.4. The van der Waals surface area contributed by atoms with Gasteiger partial charge in [0.25, 0.3) is 0 Å². The third-order valence-corrected chi connectivity index (χ3v) is 2.81. The van der Waals surface area contributed by atoms with Crippen LogP contribution in [-0.2, 0) is 4.79 Å². The Morgan fingerprint density at radius 2 is 2.17 bits per heavy atom. The molecular formula is C13H23N3O2. The Balaban J connectivity index is 0.000000203. The predicted molar refractivity (Wildman–Crippen MR) is 70.5 cm³/mol. The average molecular weight is 253 g/mol. The Morgan fingerprint density at radius 1 is 1.50 bits per heavy atom. The van der Waals surface area contributed by atoms with Crippen molar-refractivity contribution in [3.05, 3.63) is 18.5 Å². The number of carbonyl (C=O) groups is 1. The van der Waals surface area contributed by atoms with E-state index in [0.29, 0.717) is 6.04 Å². The SMILES string of the molecule is CC(C)(C)C(=O)O.c1cnn(C2CCCNC2)c1. The van der Waals surface area contributed by atoms with Crippen LogP contribution in [0.25, 0.3) is 0 Å². The van der Waals surface area contributed by atoms with Gasteiger partial charge in [0.15, 0.2) is 0 Å². The minimum absolute atomic E-state index is 0.582. The molecule has 1 fully saturated rings. The van der Waals surface area contributed by atoms with Crippen molar-refractivity contribution >= 4 is 5.97 Å². The molecule has 1 atom stereocenters. The standard InChI is InChI=1S/C8H13N3.C5H10O2/c1-3-8(7-9-4-1)11-6-2-5-10-11;1-5(2,3)4(6)7/h2,5-6,8-9H,1,3-4,7H2;1-3H3,(H,6,7). The fraction of sp³-hybridized carbons (Fsp3) is 0.692. The van der Waals surface area contributed by atoms with Gasteiger partial charge in [0, 0.05) is 18.9 Å². The second-order valence-electron chi connectivity index (χ2n) is 5.54. The summed E-state index contributed by atoms with van der Waals surface area (Å²) in [5.41, 5.74) is -0.583.